The second-order valence-electron chi connectivity index (χ2n) is 3.06. The molecule has 0 aliphatic carbocycles. The highest BCUT2D eigenvalue weighted by atomic mass is 16.5. The first-order valence-electron chi connectivity index (χ1n) is 4.02. The molecule has 5 nitrogen and oxygen atoms in total. The van der Waals surface area contributed by atoms with Gasteiger partial charge in [0.2, 0.25) is 0 Å². The van der Waals surface area contributed by atoms with E-state index in [1.807, 2.05) is 0 Å². The first kappa shape index (κ1) is 10.5. The lowest BCUT2D eigenvalue weighted by molar-refractivity contribution is -0.143. The monoisotopic (exact) mass is 196 g/mol. The molecule has 1 aromatic rings. The van der Waals surface area contributed by atoms with Gasteiger partial charge in [0.25, 0.3) is 0 Å². The van der Waals surface area contributed by atoms with Crippen molar-refractivity contribution in [2.75, 3.05) is 7.11 Å². The summed E-state index contributed by atoms with van der Waals surface area (Å²) in [4.78, 5) is 14.8. The van der Waals surface area contributed by atoms with Crippen LogP contribution in [0.3, 0.4) is 0 Å². The quantitative estimate of drug-likeness (QED) is 0.728. The van der Waals surface area contributed by atoms with Gasteiger partial charge in [0.1, 0.15) is 11.4 Å². The third kappa shape index (κ3) is 1.67. The first-order valence-corrected chi connectivity index (χ1v) is 4.02. The van der Waals surface area contributed by atoms with Gasteiger partial charge in [0.05, 0.1) is 7.11 Å². The fourth-order valence-corrected chi connectivity index (χ4v) is 1.05. The van der Waals surface area contributed by atoms with Crippen LogP contribution in [0.15, 0.2) is 18.3 Å². The summed E-state index contributed by atoms with van der Waals surface area (Å²) in [6, 6.07) is 3.27. The molecule has 0 amide bonds. The maximum atomic E-state index is 10.9. The van der Waals surface area contributed by atoms with Gasteiger partial charge >= 0.3 is 5.97 Å². The summed E-state index contributed by atoms with van der Waals surface area (Å²) < 4.78 is 4.98. The average molecular weight is 196 g/mol. The van der Waals surface area contributed by atoms with Crippen molar-refractivity contribution in [3.63, 3.8) is 0 Å². The molecule has 0 aromatic carbocycles. The standard InChI is InChI=1S/C9H12N2O3/c1-9(10,8(12)13)7-6(14-2)4-3-5-11-7/h3-5H,10H2,1-2H3,(H,12,13). The summed E-state index contributed by atoms with van der Waals surface area (Å²) in [5.41, 5.74) is 4.30. The predicted octanol–water partition coefficient (Wildman–Crippen LogP) is 0.349. The number of pyridine rings is 1. The molecular formula is C9H12N2O3. The Morgan fingerprint density at radius 2 is 2.36 bits per heavy atom. The fraction of sp³-hybridized carbons (Fsp3) is 0.333. The van der Waals surface area contributed by atoms with Crippen LogP contribution < -0.4 is 10.5 Å². The summed E-state index contributed by atoms with van der Waals surface area (Å²) in [7, 11) is 1.44. The normalized spacial score (nSPS) is 14.5. The summed E-state index contributed by atoms with van der Waals surface area (Å²) in [6.45, 7) is 1.38. The molecule has 1 atom stereocenters. The molecule has 1 unspecified atom stereocenters. The average Bonchev–Trinajstić information content (AvgIpc) is 2.17. The van der Waals surface area contributed by atoms with Crippen LogP contribution >= 0.6 is 0 Å². The number of methoxy groups -OCH3 is 1. The fourth-order valence-electron chi connectivity index (χ4n) is 1.05. The number of carbonyl (C=O) groups is 1. The Bertz CT molecular complexity index is 350. The van der Waals surface area contributed by atoms with Crippen LogP contribution in [0.1, 0.15) is 12.6 Å². The lowest BCUT2D eigenvalue weighted by Crippen LogP contribution is -2.42. The van der Waals surface area contributed by atoms with Gasteiger partial charge in [-0.25, -0.2) is 4.79 Å². The highest BCUT2D eigenvalue weighted by Gasteiger charge is 2.34. The summed E-state index contributed by atoms with van der Waals surface area (Å²) >= 11 is 0. The van der Waals surface area contributed by atoms with Crippen molar-refractivity contribution in [2.45, 2.75) is 12.5 Å². The third-order valence-electron chi connectivity index (χ3n) is 1.93. The van der Waals surface area contributed by atoms with E-state index in [0.29, 0.717) is 5.75 Å². The molecule has 1 rings (SSSR count). The van der Waals surface area contributed by atoms with E-state index in [4.69, 9.17) is 15.6 Å². The summed E-state index contributed by atoms with van der Waals surface area (Å²) in [5.74, 6) is -0.769. The Labute approximate surface area is 81.5 Å². The molecule has 1 heterocycles. The zero-order valence-corrected chi connectivity index (χ0v) is 8.02. The third-order valence-corrected chi connectivity index (χ3v) is 1.93. The molecular weight excluding hydrogens is 184 g/mol. The van der Waals surface area contributed by atoms with E-state index in [9.17, 15) is 4.79 Å². The van der Waals surface area contributed by atoms with Crippen LogP contribution in [0.4, 0.5) is 0 Å². The van der Waals surface area contributed by atoms with Crippen molar-refractivity contribution < 1.29 is 14.6 Å². The Kier molecular flexibility index (Phi) is 2.71. The number of aliphatic carboxylic acids is 1. The number of rotatable bonds is 3. The van der Waals surface area contributed by atoms with E-state index in [0.717, 1.165) is 0 Å². The van der Waals surface area contributed by atoms with Crippen molar-refractivity contribution in [1.82, 2.24) is 4.98 Å². The van der Waals surface area contributed by atoms with E-state index in [1.165, 1.54) is 20.2 Å². The van der Waals surface area contributed by atoms with Crippen LogP contribution in [0, 0.1) is 0 Å². The smallest absolute Gasteiger partial charge is 0.329 e. The number of carboxylic acid groups (broad SMARTS) is 1. The number of hydrogen-bond donors (Lipinski definition) is 2. The zero-order valence-electron chi connectivity index (χ0n) is 8.02. The number of ether oxygens (including phenoxy) is 1. The van der Waals surface area contributed by atoms with Gasteiger partial charge < -0.3 is 15.6 Å². The van der Waals surface area contributed by atoms with E-state index in [1.54, 1.807) is 12.1 Å². The van der Waals surface area contributed by atoms with Gasteiger partial charge in [-0.1, -0.05) is 0 Å². The van der Waals surface area contributed by atoms with Crippen molar-refractivity contribution in [3.8, 4) is 5.75 Å². The summed E-state index contributed by atoms with van der Waals surface area (Å²) in [6.07, 6.45) is 1.48. The second-order valence-corrected chi connectivity index (χ2v) is 3.06. The number of nitrogens with two attached hydrogens (primary N) is 1. The Balaban J connectivity index is 3.24. The molecule has 0 radical (unpaired) electrons. The number of hydrogen-bond acceptors (Lipinski definition) is 4. The molecule has 5 heteroatoms. The van der Waals surface area contributed by atoms with Gasteiger partial charge in [-0.2, -0.15) is 0 Å². The van der Waals surface area contributed by atoms with Crippen molar-refractivity contribution >= 4 is 5.97 Å². The molecule has 0 spiro atoms. The molecule has 0 fully saturated rings. The molecule has 14 heavy (non-hydrogen) atoms. The van der Waals surface area contributed by atoms with Crippen LogP contribution in [0.5, 0.6) is 5.75 Å². The largest absolute Gasteiger partial charge is 0.495 e. The molecule has 0 aliphatic rings. The number of carboxylic acids is 1. The molecule has 0 aliphatic heterocycles. The van der Waals surface area contributed by atoms with Gasteiger partial charge in [-0.3, -0.25) is 4.98 Å². The van der Waals surface area contributed by atoms with Crippen LogP contribution in [0.25, 0.3) is 0 Å². The second kappa shape index (κ2) is 3.63. The lowest BCUT2D eigenvalue weighted by Gasteiger charge is -2.20. The molecule has 0 saturated carbocycles. The van der Waals surface area contributed by atoms with Crippen molar-refractivity contribution in [2.24, 2.45) is 5.73 Å². The van der Waals surface area contributed by atoms with E-state index in [-0.39, 0.29) is 5.69 Å². The highest BCUT2D eigenvalue weighted by molar-refractivity contribution is 5.80. The lowest BCUT2D eigenvalue weighted by atomic mass is 9.98. The Morgan fingerprint density at radius 3 is 2.86 bits per heavy atom. The summed E-state index contributed by atoms with van der Waals surface area (Å²) in [5, 5.41) is 8.89. The highest BCUT2D eigenvalue weighted by Crippen LogP contribution is 2.25. The van der Waals surface area contributed by atoms with Crippen molar-refractivity contribution in [3.05, 3.63) is 24.0 Å². The van der Waals surface area contributed by atoms with Crippen molar-refractivity contribution in [1.29, 1.82) is 0 Å². The minimum absolute atomic E-state index is 0.218. The van der Waals surface area contributed by atoms with E-state index in [2.05, 4.69) is 4.98 Å². The molecule has 76 valence electrons. The topological polar surface area (TPSA) is 85.4 Å². The maximum absolute atomic E-state index is 10.9. The van der Waals surface area contributed by atoms with Gasteiger partial charge in [0, 0.05) is 6.20 Å². The Morgan fingerprint density at radius 1 is 1.71 bits per heavy atom. The number of aromatic nitrogens is 1. The Hall–Kier alpha value is -1.62. The van der Waals surface area contributed by atoms with E-state index < -0.39 is 11.5 Å². The maximum Gasteiger partial charge on any atom is 0.329 e. The first-order chi connectivity index (χ1) is 6.50. The molecule has 1 aromatic heterocycles. The molecule has 0 bridgehead atoms. The van der Waals surface area contributed by atoms with Gasteiger partial charge in [-0.15, -0.1) is 0 Å². The molecule has 3 N–H and O–H groups in total. The van der Waals surface area contributed by atoms with Crippen LogP contribution in [0.2, 0.25) is 0 Å². The van der Waals surface area contributed by atoms with E-state index >= 15 is 0 Å². The minimum Gasteiger partial charge on any atom is -0.495 e. The van der Waals surface area contributed by atoms with Crippen LogP contribution in [-0.2, 0) is 10.3 Å². The number of nitrogens with zero attached hydrogens (tertiary/aromatic N) is 1. The van der Waals surface area contributed by atoms with Gasteiger partial charge in [-0.05, 0) is 19.1 Å². The van der Waals surface area contributed by atoms with Crippen LogP contribution in [-0.4, -0.2) is 23.2 Å². The minimum atomic E-state index is -1.54. The van der Waals surface area contributed by atoms with Gasteiger partial charge in [0.15, 0.2) is 5.54 Å². The molecule has 0 saturated heterocycles. The zero-order chi connectivity index (χ0) is 10.8. The predicted molar refractivity (Wildman–Crippen MR) is 50.0 cm³/mol. The SMILES string of the molecule is COc1cccnc1C(C)(N)C(=O)O.